The van der Waals surface area contributed by atoms with Gasteiger partial charge in [-0.05, 0) is 41.3 Å². The summed E-state index contributed by atoms with van der Waals surface area (Å²) in [6, 6.07) is 14.1. The first kappa shape index (κ1) is 22.4. The lowest BCUT2D eigenvalue weighted by molar-refractivity contribution is -0.135. The molecule has 1 aliphatic rings. The molecule has 0 radical (unpaired) electrons. The largest absolute Gasteiger partial charge is 0.508 e. The van der Waals surface area contributed by atoms with E-state index in [9.17, 15) is 24.6 Å². The summed E-state index contributed by atoms with van der Waals surface area (Å²) in [5.74, 6) is -1.17. The van der Waals surface area contributed by atoms with E-state index in [0.29, 0.717) is 22.4 Å². The Balaban J connectivity index is 1.59. The van der Waals surface area contributed by atoms with Crippen molar-refractivity contribution in [2.24, 2.45) is 0 Å². The topological polar surface area (TPSA) is 139 Å². The lowest BCUT2D eigenvalue weighted by Crippen LogP contribution is -2.26. The van der Waals surface area contributed by atoms with Crippen LogP contribution >= 0.6 is 0 Å². The van der Waals surface area contributed by atoms with E-state index in [1.807, 2.05) is 0 Å². The van der Waals surface area contributed by atoms with Gasteiger partial charge in [0.25, 0.3) is 5.56 Å². The highest BCUT2D eigenvalue weighted by molar-refractivity contribution is 5.94. The third kappa shape index (κ3) is 3.59. The van der Waals surface area contributed by atoms with Crippen molar-refractivity contribution in [2.45, 2.75) is 12.3 Å². The molecule has 0 aliphatic carbocycles. The van der Waals surface area contributed by atoms with Gasteiger partial charge in [0.1, 0.15) is 40.2 Å². The van der Waals surface area contributed by atoms with Crippen LogP contribution in [0.25, 0.3) is 33.0 Å². The molecular formula is C28H19NO8. The maximum Gasteiger partial charge on any atom is 0.312 e. The summed E-state index contributed by atoms with van der Waals surface area (Å²) in [4.78, 5) is 42.0. The van der Waals surface area contributed by atoms with Gasteiger partial charge in [-0.1, -0.05) is 12.1 Å². The maximum atomic E-state index is 13.5. The summed E-state index contributed by atoms with van der Waals surface area (Å²) in [5, 5.41) is 20.9. The van der Waals surface area contributed by atoms with Crippen LogP contribution in [-0.4, -0.2) is 28.3 Å². The summed E-state index contributed by atoms with van der Waals surface area (Å²) in [7, 11) is 1.53. The Hall–Kier alpha value is -5.05. The standard InChI is InChI=1S/C28H19NO8/c1-35-16-7-4-14-8-18(28(34)29-20(14)9-16)17-10-23(32)37-22-11-21(31)25-26(33)19(12-36-27(25)24(17)22)13-2-5-15(30)6-3-13/h2-9,11-12,17,30-31H,10H2,1H3,(H,29,34). The molecule has 184 valence electrons. The summed E-state index contributed by atoms with van der Waals surface area (Å²) >= 11 is 0. The number of esters is 1. The molecule has 9 heteroatoms. The number of nitrogens with one attached hydrogen (secondary N) is 1. The van der Waals surface area contributed by atoms with Crippen LogP contribution in [0.3, 0.4) is 0 Å². The van der Waals surface area contributed by atoms with E-state index in [2.05, 4.69) is 4.98 Å². The third-order valence-electron chi connectivity index (χ3n) is 6.61. The molecule has 0 saturated carbocycles. The molecule has 0 saturated heterocycles. The number of methoxy groups -OCH3 is 1. The number of aromatic amines is 1. The SMILES string of the molecule is COc1ccc2cc(C3CC(=O)Oc4cc(O)c5c(=O)c(-c6ccc(O)cc6)coc5c43)c(=O)[nH]c2c1. The van der Waals surface area contributed by atoms with Gasteiger partial charge >= 0.3 is 5.97 Å². The third-order valence-corrected chi connectivity index (χ3v) is 6.61. The number of phenolic OH excluding ortho intramolecular Hbond substituents is 2. The second-order valence-corrected chi connectivity index (χ2v) is 8.77. The van der Waals surface area contributed by atoms with Crippen molar-refractivity contribution >= 4 is 27.8 Å². The summed E-state index contributed by atoms with van der Waals surface area (Å²) in [6.07, 6.45) is 1.09. The molecule has 3 heterocycles. The predicted octanol–water partition coefficient (Wildman–Crippen LogP) is 4.16. The zero-order valence-corrected chi connectivity index (χ0v) is 19.4. The number of benzene rings is 3. The number of rotatable bonds is 3. The molecule has 5 aromatic rings. The van der Waals surface area contributed by atoms with Gasteiger partial charge in [0.05, 0.1) is 24.6 Å². The van der Waals surface area contributed by atoms with Crippen LogP contribution < -0.4 is 20.5 Å². The highest BCUT2D eigenvalue weighted by Crippen LogP contribution is 2.45. The second kappa shape index (κ2) is 8.27. The van der Waals surface area contributed by atoms with Crippen LogP contribution in [0.1, 0.15) is 23.5 Å². The Morgan fingerprint density at radius 1 is 1.00 bits per heavy atom. The van der Waals surface area contributed by atoms with Crippen molar-refractivity contribution in [2.75, 3.05) is 7.11 Å². The van der Waals surface area contributed by atoms with E-state index in [0.717, 1.165) is 5.39 Å². The minimum Gasteiger partial charge on any atom is -0.508 e. The van der Waals surface area contributed by atoms with Crippen LogP contribution in [-0.2, 0) is 4.79 Å². The fraction of sp³-hybridized carbons (Fsp3) is 0.107. The van der Waals surface area contributed by atoms with Crippen LogP contribution in [0.4, 0.5) is 0 Å². The number of ether oxygens (including phenoxy) is 2. The number of carbonyl (C=O) groups excluding carboxylic acids is 1. The molecule has 2 aromatic heterocycles. The van der Waals surface area contributed by atoms with Gasteiger partial charge in [0.15, 0.2) is 0 Å². The lowest BCUT2D eigenvalue weighted by Gasteiger charge is -2.25. The second-order valence-electron chi connectivity index (χ2n) is 8.77. The summed E-state index contributed by atoms with van der Waals surface area (Å²) in [6.45, 7) is 0. The number of hydrogen-bond acceptors (Lipinski definition) is 8. The van der Waals surface area contributed by atoms with Crippen molar-refractivity contribution in [3.05, 3.63) is 92.6 Å². The Morgan fingerprint density at radius 3 is 2.54 bits per heavy atom. The monoisotopic (exact) mass is 497 g/mol. The minimum absolute atomic E-state index is 0.0148. The van der Waals surface area contributed by atoms with Crippen molar-refractivity contribution in [1.82, 2.24) is 4.98 Å². The van der Waals surface area contributed by atoms with E-state index in [1.54, 1.807) is 36.4 Å². The van der Waals surface area contributed by atoms with Crippen molar-refractivity contribution < 1.29 is 28.9 Å². The Morgan fingerprint density at radius 2 is 1.78 bits per heavy atom. The van der Waals surface area contributed by atoms with Gasteiger partial charge in [0.2, 0.25) is 5.43 Å². The smallest absolute Gasteiger partial charge is 0.312 e. The quantitative estimate of drug-likeness (QED) is 0.249. The number of carbonyl (C=O) groups is 1. The number of phenols is 2. The first-order valence-corrected chi connectivity index (χ1v) is 11.4. The Bertz CT molecular complexity index is 1850. The minimum atomic E-state index is -0.794. The lowest BCUT2D eigenvalue weighted by atomic mass is 9.85. The number of aromatic nitrogens is 1. The molecule has 1 atom stereocenters. The van der Waals surface area contributed by atoms with Crippen LogP contribution in [0.2, 0.25) is 0 Å². The zero-order valence-electron chi connectivity index (χ0n) is 19.4. The van der Waals surface area contributed by atoms with Gasteiger partial charge in [-0.15, -0.1) is 0 Å². The van der Waals surface area contributed by atoms with Gasteiger partial charge < -0.3 is 29.1 Å². The van der Waals surface area contributed by atoms with Crippen molar-refractivity contribution in [3.8, 4) is 34.1 Å². The highest BCUT2D eigenvalue weighted by Gasteiger charge is 2.35. The maximum absolute atomic E-state index is 13.5. The van der Waals surface area contributed by atoms with E-state index < -0.39 is 28.6 Å². The molecule has 0 fully saturated rings. The predicted molar refractivity (Wildman–Crippen MR) is 134 cm³/mol. The van der Waals surface area contributed by atoms with Crippen molar-refractivity contribution in [3.63, 3.8) is 0 Å². The zero-order chi connectivity index (χ0) is 25.8. The van der Waals surface area contributed by atoms with Crippen LogP contribution in [0, 0.1) is 0 Å². The normalized spacial score (nSPS) is 14.9. The first-order valence-electron chi connectivity index (χ1n) is 11.4. The molecule has 3 N–H and O–H groups in total. The summed E-state index contributed by atoms with van der Waals surface area (Å²) in [5.41, 5.74) is 0.909. The average molecular weight is 497 g/mol. The summed E-state index contributed by atoms with van der Waals surface area (Å²) < 4.78 is 16.5. The molecular weight excluding hydrogens is 478 g/mol. The molecule has 3 aromatic carbocycles. The van der Waals surface area contributed by atoms with E-state index >= 15 is 0 Å². The van der Waals surface area contributed by atoms with Gasteiger partial charge in [-0.3, -0.25) is 14.4 Å². The van der Waals surface area contributed by atoms with E-state index in [-0.39, 0.29) is 40.0 Å². The molecule has 1 unspecified atom stereocenters. The number of H-pyrrole nitrogens is 1. The van der Waals surface area contributed by atoms with E-state index in [4.69, 9.17) is 13.9 Å². The highest BCUT2D eigenvalue weighted by atomic mass is 16.5. The number of hydrogen-bond donors (Lipinski definition) is 3. The van der Waals surface area contributed by atoms with Crippen LogP contribution in [0.5, 0.6) is 23.0 Å². The Labute approximate surface area is 208 Å². The van der Waals surface area contributed by atoms with E-state index in [1.165, 1.54) is 31.6 Å². The fourth-order valence-electron chi connectivity index (χ4n) is 4.82. The molecule has 0 amide bonds. The molecule has 1 aliphatic heterocycles. The van der Waals surface area contributed by atoms with Gasteiger partial charge in [0, 0.05) is 29.2 Å². The molecule has 9 nitrogen and oxygen atoms in total. The molecule has 0 bridgehead atoms. The number of pyridine rings is 1. The van der Waals surface area contributed by atoms with Gasteiger partial charge in [-0.2, -0.15) is 0 Å². The number of aromatic hydroxyl groups is 2. The van der Waals surface area contributed by atoms with Crippen molar-refractivity contribution in [1.29, 1.82) is 0 Å². The molecule has 6 rings (SSSR count). The van der Waals surface area contributed by atoms with Gasteiger partial charge in [-0.25, -0.2) is 0 Å². The molecule has 37 heavy (non-hydrogen) atoms. The average Bonchev–Trinajstić information content (AvgIpc) is 2.88. The fourth-order valence-corrected chi connectivity index (χ4v) is 4.82. The van der Waals surface area contributed by atoms with Crippen LogP contribution in [0.15, 0.2) is 74.9 Å². The molecule has 0 spiro atoms. The Kier molecular flexibility index (Phi) is 5.01. The first-order chi connectivity index (χ1) is 17.8. The number of fused-ring (bicyclic) bond motifs is 4.